The lowest BCUT2D eigenvalue weighted by molar-refractivity contribution is -0.144. The molecule has 0 aliphatic carbocycles. The minimum atomic E-state index is -0.282. The average Bonchev–Trinajstić information content (AvgIpc) is 2.51. The fraction of sp³-hybridized carbons (Fsp3) is 0.529. The molecule has 0 N–H and O–H groups in total. The molecule has 0 unspecified atom stereocenters. The van der Waals surface area contributed by atoms with Crippen LogP contribution in [0.4, 0.5) is 0 Å². The lowest BCUT2D eigenvalue weighted by Crippen LogP contribution is -2.37. The summed E-state index contributed by atoms with van der Waals surface area (Å²) < 4.78 is 10.4. The van der Waals surface area contributed by atoms with E-state index in [4.69, 9.17) is 9.47 Å². The van der Waals surface area contributed by atoms with E-state index in [2.05, 4.69) is 0 Å². The summed E-state index contributed by atoms with van der Waals surface area (Å²) in [6, 6.07) is 7.55. The number of carbonyl (C=O) groups is 2. The zero-order valence-electron chi connectivity index (χ0n) is 13.6. The van der Waals surface area contributed by atoms with E-state index >= 15 is 0 Å². The predicted octanol–water partition coefficient (Wildman–Crippen LogP) is 2.57. The standard InChI is InChI=1S/C17H25NO4/c1-4-11-18(12-10-17(20)21-5-2)16(19)13-22-15-8-6-14(3)7-9-15/h6-9H,4-5,10-13H2,1-3H3. The van der Waals surface area contributed by atoms with Gasteiger partial charge in [-0.1, -0.05) is 24.6 Å². The third-order valence-electron chi connectivity index (χ3n) is 3.12. The Morgan fingerprint density at radius 3 is 2.36 bits per heavy atom. The first kappa shape index (κ1) is 18.0. The first-order valence-electron chi connectivity index (χ1n) is 7.69. The monoisotopic (exact) mass is 307 g/mol. The van der Waals surface area contributed by atoms with Crippen molar-refractivity contribution in [2.24, 2.45) is 0 Å². The Morgan fingerprint density at radius 2 is 1.77 bits per heavy atom. The highest BCUT2D eigenvalue weighted by Crippen LogP contribution is 2.11. The van der Waals surface area contributed by atoms with E-state index in [1.54, 1.807) is 11.8 Å². The summed E-state index contributed by atoms with van der Waals surface area (Å²) in [7, 11) is 0. The Morgan fingerprint density at radius 1 is 1.09 bits per heavy atom. The number of rotatable bonds is 9. The molecule has 0 heterocycles. The van der Waals surface area contributed by atoms with Gasteiger partial charge in [-0.15, -0.1) is 0 Å². The maximum absolute atomic E-state index is 12.2. The van der Waals surface area contributed by atoms with Crippen molar-refractivity contribution < 1.29 is 19.1 Å². The zero-order valence-corrected chi connectivity index (χ0v) is 13.6. The topological polar surface area (TPSA) is 55.8 Å². The molecule has 122 valence electrons. The van der Waals surface area contributed by atoms with E-state index in [0.717, 1.165) is 12.0 Å². The summed E-state index contributed by atoms with van der Waals surface area (Å²) in [6.45, 7) is 7.06. The van der Waals surface area contributed by atoms with E-state index in [-0.39, 0.29) is 24.9 Å². The summed E-state index contributed by atoms with van der Waals surface area (Å²) in [5.74, 6) is 0.267. The van der Waals surface area contributed by atoms with E-state index in [1.807, 2.05) is 38.1 Å². The number of carbonyl (C=O) groups excluding carboxylic acids is 2. The normalized spacial score (nSPS) is 10.1. The number of benzene rings is 1. The summed E-state index contributed by atoms with van der Waals surface area (Å²) >= 11 is 0. The van der Waals surface area contributed by atoms with Crippen LogP contribution in [0.2, 0.25) is 0 Å². The van der Waals surface area contributed by atoms with Gasteiger partial charge in [-0.25, -0.2) is 0 Å². The zero-order chi connectivity index (χ0) is 16.4. The smallest absolute Gasteiger partial charge is 0.307 e. The molecular formula is C17H25NO4. The van der Waals surface area contributed by atoms with Gasteiger partial charge in [0.15, 0.2) is 6.61 Å². The van der Waals surface area contributed by atoms with Crippen molar-refractivity contribution in [1.82, 2.24) is 4.90 Å². The Labute approximate surface area is 132 Å². The Bertz CT molecular complexity index is 470. The lowest BCUT2D eigenvalue weighted by atomic mass is 10.2. The molecule has 1 rings (SSSR count). The maximum Gasteiger partial charge on any atom is 0.307 e. The number of hydrogen-bond donors (Lipinski definition) is 0. The number of hydrogen-bond acceptors (Lipinski definition) is 4. The minimum Gasteiger partial charge on any atom is -0.484 e. The molecular weight excluding hydrogens is 282 g/mol. The lowest BCUT2D eigenvalue weighted by Gasteiger charge is -2.21. The van der Waals surface area contributed by atoms with E-state index in [0.29, 0.717) is 25.4 Å². The molecule has 0 aromatic heterocycles. The van der Waals surface area contributed by atoms with Crippen LogP contribution >= 0.6 is 0 Å². The summed E-state index contributed by atoms with van der Waals surface area (Å²) in [5, 5.41) is 0. The number of esters is 1. The molecule has 5 nitrogen and oxygen atoms in total. The molecule has 0 fully saturated rings. The van der Waals surface area contributed by atoms with Crippen molar-refractivity contribution in [3.63, 3.8) is 0 Å². The molecule has 0 spiro atoms. The largest absolute Gasteiger partial charge is 0.484 e. The first-order valence-corrected chi connectivity index (χ1v) is 7.69. The van der Waals surface area contributed by atoms with Crippen molar-refractivity contribution in [2.75, 3.05) is 26.3 Å². The van der Waals surface area contributed by atoms with Crippen molar-refractivity contribution in [2.45, 2.75) is 33.6 Å². The van der Waals surface area contributed by atoms with Gasteiger partial charge < -0.3 is 14.4 Å². The van der Waals surface area contributed by atoms with Gasteiger partial charge in [-0.3, -0.25) is 9.59 Å². The second kappa shape index (κ2) is 9.82. The van der Waals surface area contributed by atoms with Crippen LogP contribution in [0.3, 0.4) is 0 Å². The van der Waals surface area contributed by atoms with Crippen molar-refractivity contribution >= 4 is 11.9 Å². The number of amides is 1. The summed E-state index contributed by atoms with van der Waals surface area (Å²) in [4.78, 5) is 25.2. The molecule has 0 aliphatic heterocycles. The molecule has 0 saturated heterocycles. The molecule has 1 aromatic rings. The Hall–Kier alpha value is -2.04. The molecule has 0 saturated carbocycles. The third-order valence-corrected chi connectivity index (χ3v) is 3.12. The molecule has 1 amide bonds. The number of nitrogens with zero attached hydrogens (tertiary/aromatic N) is 1. The van der Waals surface area contributed by atoms with Gasteiger partial charge in [-0.05, 0) is 32.4 Å². The van der Waals surface area contributed by atoms with Crippen LogP contribution in [0.25, 0.3) is 0 Å². The molecule has 0 atom stereocenters. The van der Waals surface area contributed by atoms with Crippen LogP contribution < -0.4 is 4.74 Å². The van der Waals surface area contributed by atoms with E-state index in [1.165, 1.54) is 0 Å². The van der Waals surface area contributed by atoms with Gasteiger partial charge in [0.05, 0.1) is 13.0 Å². The summed E-state index contributed by atoms with van der Waals surface area (Å²) in [6.07, 6.45) is 1.04. The van der Waals surface area contributed by atoms with Gasteiger partial charge in [0.2, 0.25) is 0 Å². The van der Waals surface area contributed by atoms with Crippen LogP contribution in [0.1, 0.15) is 32.3 Å². The van der Waals surface area contributed by atoms with Gasteiger partial charge in [-0.2, -0.15) is 0 Å². The summed E-state index contributed by atoms with van der Waals surface area (Å²) in [5.41, 5.74) is 1.14. The fourth-order valence-corrected chi connectivity index (χ4v) is 1.96. The maximum atomic E-state index is 12.2. The first-order chi connectivity index (χ1) is 10.6. The fourth-order valence-electron chi connectivity index (χ4n) is 1.96. The third kappa shape index (κ3) is 6.61. The van der Waals surface area contributed by atoms with Crippen LogP contribution in [0, 0.1) is 6.92 Å². The van der Waals surface area contributed by atoms with Crippen LogP contribution in [0.15, 0.2) is 24.3 Å². The highest BCUT2D eigenvalue weighted by molar-refractivity contribution is 5.78. The molecule has 5 heteroatoms. The van der Waals surface area contributed by atoms with E-state index < -0.39 is 0 Å². The Balaban J connectivity index is 2.46. The molecule has 0 aliphatic rings. The predicted molar refractivity (Wildman–Crippen MR) is 84.8 cm³/mol. The number of ether oxygens (including phenoxy) is 2. The van der Waals surface area contributed by atoms with Crippen molar-refractivity contribution in [3.05, 3.63) is 29.8 Å². The van der Waals surface area contributed by atoms with Gasteiger partial charge in [0.1, 0.15) is 5.75 Å². The van der Waals surface area contributed by atoms with Gasteiger partial charge >= 0.3 is 5.97 Å². The molecule has 0 bridgehead atoms. The number of aryl methyl sites for hydroxylation is 1. The van der Waals surface area contributed by atoms with Crippen molar-refractivity contribution in [3.8, 4) is 5.75 Å². The van der Waals surface area contributed by atoms with Crippen LogP contribution in [-0.4, -0.2) is 43.1 Å². The highest BCUT2D eigenvalue weighted by Gasteiger charge is 2.15. The Kier molecular flexibility index (Phi) is 8.04. The van der Waals surface area contributed by atoms with E-state index in [9.17, 15) is 9.59 Å². The average molecular weight is 307 g/mol. The van der Waals surface area contributed by atoms with Crippen molar-refractivity contribution in [1.29, 1.82) is 0 Å². The molecule has 22 heavy (non-hydrogen) atoms. The SMILES string of the molecule is CCCN(CCC(=O)OCC)C(=O)COc1ccc(C)cc1. The molecule has 1 aromatic carbocycles. The molecule has 0 radical (unpaired) electrons. The highest BCUT2D eigenvalue weighted by atomic mass is 16.5. The second-order valence-corrected chi connectivity index (χ2v) is 5.04. The van der Waals surface area contributed by atoms with Gasteiger partial charge in [0, 0.05) is 13.1 Å². The van der Waals surface area contributed by atoms with Gasteiger partial charge in [0.25, 0.3) is 5.91 Å². The minimum absolute atomic E-state index is 0.0219. The quantitative estimate of drug-likeness (QED) is 0.658. The second-order valence-electron chi connectivity index (χ2n) is 5.04. The van der Waals surface area contributed by atoms with Crippen LogP contribution in [-0.2, 0) is 14.3 Å². The van der Waals surface area contributed by atoms with Crippen LogP contribution in [0.5, 0.6) is 5.75 Å².